The van der Waals surface area contributed by atoms with Gasteiger partial charge in [0.2, 0.25) is 21.8 Å². The molecule has 2 atom stereocenters. The van der Waals surface area contributed by atoms with Gasteiger partial charge in [-0.2, -0.15) is 4.72 Å². The molecule has 1 aliphatic carbocycles. The Kier molecular flexibility index (Phi) is 6.23. The summed E-state index contributed by atoms with van der Waals surface area (Å²) in [5, 5.41) is 6.10. The number of nitrogens with zero attached hydrogens (tertiary/aromatic N) is 1. The summed E-state index contributed by atoms with van der Waals surface area (Å²) >= 11 is 0. The van der Waals surface area contributed by atoms with Gasteiger partial charge in [-0.25, -0.2) is 8.42 Å². The van der Waals surface area contributed by atoms with Crippen LogP contribution in [0.15, 0.2) is 29.2 Å². The number of anilines is 1. The number of para-hydroxylation sites is 1. The number of hydrogen-bond donors (Lipinski definition) is 3. The molecule has 1 saturated heterocycles. The Bertz CT molecular complexity index is 943. The second kappa shape index (κ2) is 8.76. The molecule has 1 aromatic carbocycles. The van der Waals surface area contributed by atoms with Crippen LogP contribution in [-0.2, 0) is 24.3 Å². The van der Waals surface area contributed by atoms with Crippen LogP contribution in [0, 0.1) is 5.92 Å². The molecule has 2 fully saturated rings. The Morgan fingerprint density at radius 3 is 2.71 bits per heavy atom. The van der Waals surface area contributed by atoms with Crippen molar-refractivity contribution in [3.63, 3.8) is 0 Å². The van der Waals surface area contributed by atoms with Crippen molar-refractivity contribution < 1.29 is 22.7 Å². The second-order valence-electron chi connectivity index (χ2n) is 8.63. The number of hydrogen-bond acceptors (Lipinski definition) is 6. The van der Waals surface area contributed by atoms with Crippen molar-refractivity contribution in [2.45, 2.75) is 55.2 Å². The van der Waals surface area contributed by atoms with Crippen LogP contribution in [0.4, 0.5) is 5.69 Å². The fourth-order valence-corrected chi connectivity index (χ4v) is 6.33. The maximum absolute atomic E-state index is 12.6. The molecule has 0 radical (unpaired) electrons. The van der Waals surface area contributed by atoms with Gasteiger partial charge >= 0.3 is 0 Å². The number of ether oxygens (including phenoxy) is 1. The molecule has 1 aromatic rings. The Hall–Kier alpha value is -2.17. The summed E-state index contributed by atoms with van der Waals surface area (Å²) < 4.78 is 33.4. The highest BCUT2D eigenvalue weighted by Gasteiger charge is 2.43. The first-order valence-corrected chi connectivity index (χ1v) is 12.3. The minimum absolute atomic E-state index is 0.0397. The van der Waals surface area contributed by atoms with E-state index in [-0.39, 0.29) is 35.3 Å². The first-order valence-electron chi connectivity index (χ1n) is 10.8. The molecule has 0 bridgehead atoms. The molecule has 1 saturated carbocycles. The monoisotopic (exact) mass is 450 g/mol. The number of likely N-dealkylation sites (tertiary alicyclic amines) is 1. The number of amides is 2. The van der Waals surface area contributed by atoms with Gasteiger partial charge in [-0.05, 0) is 31.4 Å². The number of fused-ring (bicyclic) bond motifs is 1. The largest absolute Gasteiger partial charge is 0.381 e. The quantitative estimate of drug-likeness (QED) is 0.631. The van der Waals surface area contributed by atoms with Crippen LogP contribution in [0.1, 0.15) is 38.5 Å². The van der Waals surface area contributed by atoms with E-state index in [2.05, 4.69) is 15.4 Å². The molecule has 3 aliphatic rings. The molecular weight excluding hydrogens is 420 g/mol. The summed E-state index contributed by atoms with van der Waals surface area (Å²) in [4.78, 5) is 27.0. The Morgan fingerprint density at radius 2 is 1.97 bits per heavy atom. The predicted octanol–water partition coefficient (Wildman–Crippen LogP) is 1.03. The highest BCUT2D eigenvalue weighted by molar-refractivity contribution is 7.89. The van der Waals surface area contributed by atoms with Gasteiger partial charge in [-0.15, -0.1) is 0 Å². The van der Waals surface area contributed by atoms with E-state index in [1.54, 1.807) is 36.3 Å². The van der Waals surface area contributed by atoms with Gasteiger partial charge in [0.1, 0.15) is 10.6 Å². The third-order valence-electron chi connectivity index (χ3n) is 6.59. The van der Waals surface area contributed by atoms with Crippen LogP contribution in [0.2, 0.25) is 0 Å². The molecule has 4 rings (SSSR count). The third kappa shape index (κ3) is 4.70. The number of nitrogens with one attached hydrogen (secondary N) is 3. The highest BCUT2D eigenvalue weighted by atomic mass is 32.2. The minimum atomic E-state index is -3.61. The molecule has 2 unspecified atom stereocenters. The molecule has 2 aliphatic heterocycles. The highest BCUT2D eigenvalue weighted by Crippen LogP contribution is 2.34. The lowest BCUT2D eigenvalue weighted by atomic mass is 9.86. The number of sulfonamides is 1. The van der Waals surface area contributed by atoms with Gasteiger partial charge in [-0.1, -0.05) is 18.6 Å². The number of piperidine rings is 1. The number of rotatable bonds is 4. The lowest BCUT2D eigenvalue weighted by molar-refractivity contribution is -0.135. The summed E-state index contributed by atoms with van der Waals surface area (Å²) in [6, 6.07) is 6.81. The molecule has 9 nitrogen and oxygen atoms in total. The molecule has 170 valence electrons. The van der Waals surface area contributed by atoms with E-state index in [1.807, 2.05) is 0 Å². The van der Waals surface area contributed by atoms with E-state index in [9.17, 15) is 18.0 Å². The van der Waals surface area contributed by atoms with Gasteiger partial charge < -0.3 is 20.3 Å². The summed E-state index contributed by atoms with van der Waals surface area (Å²) in [6.07, 6.45) is 4.42. The Labute approximate surface area is 182 Å². The number of methoxy groups -OCH3 is 1. The van der Waals surface area contributed by atoms with Crippen LogP contribution >= 0.6 is 0 Å². The number of benzene rings is 1. The van der Waals surface area contributed by atoms with Gasteiger partial charge in [0, 0.05) is 39.0 Å². The van der Waals surface area contributed by atoms with Crippen molar-refractivity contribution in [3.05, 3.63) is 24.3 Å². The van der Waals surface area contributed by atoms with E-state index in [0.29, 0.717) is 38.0 Å². The lowest BCUT2D eigenvalue weighted by Gasteiger charge is -2.45. The molecule has 2 amide bonds. The number of carbonyl (C=O) groups is 2. The standard InChI is InChI=1S/C21H30N4O5S/c1-30-16-6-4-5-15(13-16)20(27)22-14-19(26)25-11-9-21(10-12-25)23-17-7-2-3-8-18(17)31(28,29)24-21/h2-3,7-8,15-16,23-24H,4-6,9-14H2,1H3,(H,22,27). The van der Waals surface area contributed by atoms with E-state index in [1.165, 1.54) is 0 Å². The van der Waals surface area contributed by atoms with Gasteiger partial charge in [0.05, 0.1) is 18.3 Å². The summed E-state index contributed by atoms with van der Waals surface area (Å²) in [6.45, 7) is 0.769. The van der Waals surface area contributed by atoms with Crippen molar-refractivity contribution in [3.8, 4) is 0 Å². The van der Waals surface area contributed by atoms with Crippen LogP contribution in [0.25, 0.3) is 0 Å². The van der Waals surface area contributed by atoms with Gasteiger partial charge in [0.25, 0.3) is 0 Å². The van der Waals surface area contributed by atoms with E-state index >= 15 is 0 Å². The fourth-order valence-electron chi connectivity index (χ4n) is 4.78. The van der Waals surface area contributed by atoms with E-state index < -0.39 is 15.7 Å². The molecular formula is C21H30N4O5S. The maximum Gasteiger partial charge on any atom is 0.244 e. The third-order valence-corrected chi connectivity index (χ3v) is 8.19. The maximum atomic E-state index is 12.6. The van der Waals surface area contributed by atoms with Crippen molar-refractivity contribution >= 4 is 27.5 Å². The zero-order valence-electron chi connectivity index (χ0n) is 17.7. The Morgan fingerprint density at radius 1 is 1.23 bits per heavy atom. The van der Waals surface area contributed by atoms with Crippen LogP contribution in [0.5, 0.6) is 0 Å². The molecule has 1 spiro atoms. The first-order chi connectivity index (χ1) is 14.8. The topological polar surface area (TPSA) is 117 Å². The molecule has 31 heavy (non-hydrogen) atoms. The summed E-state index contributed by atoms with van der Waals surface area (Å²) in [5.41, 5.74) is -0.222. The summed E-state index contributed by atoms with van der Waals surface area (Å²) in [5.74, 6) is -0.361. The Balaban J connectivity index is 1.30. The van der Waals surface area contributed by atoms with Crippen LogP contribution in [0.3, 0.4) is 0 Å². The zero-order chi connectivity index (χ0) is 22.1. The van der Waals surface area contributed by atoms with E-state index in [0.717, 1.165) is 19.3 Å². The van der Waals surface area contributed by atoms with E-state index in [4.69, 9.17) is 4.74 Å². The molecule has 3 N–H and O–H groups in total. The molecule has 10 heteroatoms. The van der Waals surface area contributed by atoms with Gasteiger partial charge in [0.15, 0.2) is 0 Å². The van der Waals surface area contributed by atoms with Crippen LogP contribution < -0.4 is 15.4 Å². The van der Waals surface area contributed by atoms with Crippen LogP contribution in [-0.4, -0.2) is 63.6 Å². The SMILES string of the molecule is COC1CCCC(C(=O)NCC(=O)N2CCC3(CC2)Nc2ccccc2S(=O)(=O)N3)C1. The normalized spacial score (nSPS) is 26.5. The average molecular weight is 451 g/mol. The molecule has 2 heterocycles. The predicted molar refractivity (Wildman–Crippen MR) is 115 cm³/mol. The average Bonchev–Trinajstić information content (AvgIpc) is 2.77. The van der Waals surface area contributed by atoms with Gasteiger partial charge in [-0.3, -0.25) is 9.59 Å². The van der Waals surface area contributed by atoms with Crippen molar-refractivity contribution in [1.82, 2.24) is 14.9 Å². The smallest absolute Gasteiger partial charge is 0.244 e. The second-order valence-corrected chi connectivity index (χ2v) is 10.3. The lowest BCUT2D eigenvalue weighted by Crippen LogP contribution is -2.62. The number of carbonyl (C=O) groups excluding carboxylic acids is 2. The summed E-state index contributed by atoms with van der Waals surface area (Å²) in [7, 11) is -1.95. The van der Waals surface area contributed by atoms with Crippen molar-refractivity contribution in [1.29, 1.82) is 0 Å². The molecule has 0 aromatic heterocycles. The zero-order valence-corrected chi connectivity index (χ0v) is 18.5. The van der Waals surface area contributed by atoms with Crippen molar-refractivity contribution in [2.24, 2.45) is 5.92 Å². The van der Waals surface area contributed by atoms with Crippen molar-refractivity contribution in [2.75, 3.05) is 32.1 Å². The first kappa shape index (κ1) is 22.0. The fraction of sp³-hybridized carbons (Fsp3) is 0.619. The minimum Gasteiger partial charge on any atom is -0.381 e.